The predicted molar refractivity (Wildman–Crippen MR) is 85.5 cm³/mol. The van der Waals surface area contributed by atoms with E-state index in [0.717, 1.165) is 24.9 Å². The van der Waals surface area contributed by atoms with Gasteiger partial charge in [-0.1, -0.05) is 24.6 Å². The van der Waals surface area contributed by atoms with Gasteiger partial charge in [0.2, 0.25) is 5.91 Å². The van der Waals surface area contributed by atoms with Crippen LogP contribution in [0.15, 0.2) is 24.3 Å². The molecule has 0 spiro atoms. The van der Waals surface area contributed by atoms with Crippen molar-refractivity contribution in [1.82, 2.24) is 5.32 Å². The van der Waals surface area contributed by atoms with Gasteiger partial charge in [0.15, 0.2) is 0 Å². The first kappa shape index (κ1) is 16.0. The van der Waals surface area contributed by atoms with Crippen molar-refractivity contribution in [3.63, 3.8) is 0 Å². The minimum atomic E-state index is -0.0904. The number of hydrogen-bond donors (Lipinski definition) is 2. The molecular weight excluding hydrogens is 264 g/mol. The molecule has 4 nitrogen and oxygen atoms in total. The summed E-state index contributed by atoms with van der Waals surface area (Å²) >= 11 is 0. The molecule has 1 aliphatic rings. The molecule has 1 aliphatic heterocycles. The second-order valence-electron chi connectivity index (χ2n) is 5.92. The molecule has 0 aromatic heterocycles. The molecule has 4 heteroatoms. The Morgan fingerprint density at radius 3 is 2.71 bits per heavy atom. The number of carbonyl (C=O) groups is 1. The molecule has 0 bridgehead atoms. The lowest BCUT2D eigenvalue weighted by atomic mass is 9.95. The lowest BCUT2D eigenvalue weighted by Crippen LogP contribution is -2.50. The van der Waals surface area contributed by atoms with Crippen LogP contribution in [0.5, 0.6) is 0 Å². The summed E-state index contributed by atoms with van der Waals surface area (Å²) in [6.07, 6.45) is 3.27. The number of nitrogens with one attached hydrogen (secondary N) is 2. The number of rotatable bonds is 5. The van der Waals surface area contributed by atoms with Crippen LogP contribution >= 0.6 is 0 Å². The Kier molecular flexibility index (Phi) is 5.76. The second kappa shape index (κ2) is 7.57. The van der Waals surface area contributed by atoms with Crippen molar-refractivity contribution in [2.75, 3.05) is 11.9 Å². The largest absolute Gasteiger partial charge is 0.367 e. The third kappa shape index (κ3) is 4.83. The molecule has 1 aromatic carbocycles. The van der Waals surface area contributed by atoms with E-state index < -0.39 is 0 Å². The minimum Gasteiger partial charge on any atom is -0.367 e. The summed E-state index contributed by atoms with van der Waals surface area (Å²) in [5.74, 6) is -0.0904. The van der Waals surface area contributed by atoms with Crippen LogP contribution in [-0.4, -0.2) is 30.7 Å². The zero-order valence-corrected chi connectivity index (χ0v) is 13.2. The standard InChI is InChI=1S/C17H26N2O2/c1-4-15-16(10-7-13(3)18-15)21-11-17(20)19-14-8-5-12(2)6-9-14/h5-6,8-9,13,15-16,18H,4,7,10-11H2,1-3H3,(H,19,20). The zero-order chi connectivity index (χ0) is 15.2. The Labute approximate surface area is 127 Å². The molecule has 116 valence electrons. The van der Waals surface area contributed by atoms with Gasteiger partial charge in [-0.2, -0.15) is 0 Å². The number of ether oxygens (including phenoxy) is 1. The molecule has 3 atom stereocenters. The van der Waals surface area contributed by atoms with Crippen LogP contribution in [0.3, 0.4) is 0 Å². The second-order valence-corrected chi connectivity index (χ2v) is 5.92. The van der Waals surface area contributed by atoms with Crippen molar-refractivity contribution in [2.24, 2.45) is 0 Å². The van der Waals surface area contributed by atoms with E-state index in [4.69, 9.17) is 4.74 Å². The lowest BCUT2D eigenvalue weighted by Gasteiger charge is -2.35. The topological polar surface area (TPSA) is 50.4 Å². The highest BCUT2D eigenvalue weighted by molar-refractivity contribution is 5.91. The average molecular weight is 290 g/mol. The summed E-state index contributed by atoms with van der Waals surface area (Å²) in [5.41, 5.74) is 1.99. The average Bonchev–Trinajstić information content (AvgIpc) is 2.48. The molecule has 1 amide bonds. The van der Waals surface area contributed by atoms with E-state index in [0.29, 0.717) is 12.1 Å². The Morgan fingerprint density at radius 2 is 2.05 bits per heavy atom. The minimum absolute atomic E-state index is 0.0904. The van der Waals surface area contributed by atoms with Crippen molar-refractivity contribution < 1.29 is 9.53 Å². The fourth-order valence-corrected chi connectivity index (χ4v) is 2.77. The molecule has 1 heterocycles. The van der Waals surface area contributed by atoms with Gasteiger partial charge in [0, 0.05) is 17.8 Å². The molecule has 2 N–H and O–H groups in total. The molecule has 21 heavy (non-hydrogen) atoms. The first-order valence-electron chi connectivity index (χ1n) is 7.82. The monoisotopic (exact) mass is 290 g/mol. The van der Waals surface area contributed by atoms with Crippen LogP contribution in [0.25, 0.3) is 0 Å². The van der Waals surface area contributed by atoms with E-state index in [9.17, 15) is 4.79 Å². The van der Waals surface area contributed by atoms with E-state index in [1.54, 1.807) is 0 Å². The lowest BCUT2D eigenvalue weighted by molar-refractivity contribution is -0.124. The van der Waals surface area contributed by atoms with Crippen molar-refractivity contribution in [3.8, 4) is 0 Å². The molecule has 0 aliphatic carbocycles. The van der Waals surface area contributed by atoms with Crippen molar-refractivity contribution in [2.45, 2.75) is 58.2 Å². The van der Waals surface area contributed by atoms with Crippen LogP contribution < -0.4 is 10.6 Å². The molecule has 0 saturated carbocycles. The first-order valence-corrected chi connectivity index (χ1v) is 7.82. The van der Waals surface area contributed by atoms with Gasteiger partial charge >= 0.3 is 0 Å². The van der Waals surface area contributed by atoms with Gasteiger partial charge in [0.1, 0.15) is 6.61 Å². The smallest absolute Gasteiger partial charge is 0.250 e. The van der Waals surface area contributed by atoms with Gasteiger partial charge in [-0.15, -0.1) is 0 Å². The first-order chi connectivity index (χ1) is 10.1. The van der Waals surface area contributed by atoms with Crippen LogP contribution in [0.2, 0.25) is 0 Å². The van der Waals surface area contributed by atoms with E-state index in [1.165, 1.54) is 5.56 Å². The molecule has 1 aromatic rings. The molecule has 1 fully saturated rings. The Hall–Kier alpha value is -1.39. The summed E-state index contributed by atoms with van der Waals surface area (Å²) in [7, 11) is 0. The third-order valence-corrected chi connectivity index (χ3v) is 4.04. The van der Waals surface area contributed by atoms with Gasteiger partial charge in [0.05, 0.1) is 6.10 Å². The van der Waals surface area contributed by atoms with Crippen LogP contribution in [-0.2, 0) is 9.53 Å². The molecule has 2 rings (SSSR count). The van der Waals surface area contributed by atoms with E-state index in [1.807, 2.05) is 31.2 Å². The number of hydrogen-bond acceptors (Lipinski definition) is 3. The zero-order valence-electron chi connectivity index (χ0n) is 13.2. The fourth-order valence-electron chi connectivity index (χ4n) is 2.77. The van der Waals surface area contributed by atoms with Crippen molar-refractivity contribution in [3.05, 3.63) is 29.8 Å². The summed E-state index contributed by atoms with van der Waals surface area (Å²) in [4.78, 5) is 11.9. The van der Waals surface area contributed by atoms with E-state index in [2.05, 4.69) is 24.5 Å². The third-order valence-electron chi connectivity index (χ3n) is 4.04. The van der Waals surface area contributed by atoms with Crippen LogP contribution in [0.1, 0.15) is 38.7 Å². The summed E-state index contributed by atoms with van der Waals surface area (Å²) in [6, 6.07) is 8.67. The van der Waals surface area contributed by atoms with Gasteiger partial charge in [0.25, 0.3) is 0 Å². The highest BCUT2D eigenvalue weighted by Gasteiger charge is 2.27. The molecule has 3 unspecified atom stereocenters. The quantitative estimate of drug-likeness (QED) is 0.876. The molecular formula is C17H26N2O2. The number of anilines is 1. The Bertz CT molecular complexity index is 458. The predicted octanol–water partition coefficient (Wildman–Crippen LogP) is 2.87. The summed E-state index contributed by atoms with van der Waals surface area (Å²) in [6.45, 7) is 6.49. The van der Waals surface area contributed by atoms with E-state index >= 15 is 0 Å². The summed E-state index contributed by atoms with van der Waals surface area (Å²) in [5, 5.41) is 6.41. The maximum Gasteiger partial charge on any atom is 0.250 e. The van der Waals surface area contributed by atoms with Gasteiger partial charge in [-0.25, -0.2) is 0 Å². The van der Waals surface area contributed by atoms with Crippen LogP contribution in [0, 0.1) is 6.92 Å². The summed E-state index contributed by atoms with van der Waals surface area (Å²) < 4.78 is 5.82. The van der Waals surface area contributed by atoms with Gasteiger partial charge < -0.3 is 15.4 Å². The highest BCUT2D eigenvalue weighted by atomic mass is 16.5. The molecule has 1 saturated heterocycles. The fraction of sp³-hybridized carbons (Fsp3) is 0.588. The van der Waals surface area contributed by atoms with Gasteiger partial charge in [-0.3, -0.25) is 4.79 Å². The Morgan fingerprint density at radius 1 is 1.33 bits per heavy atom. The number of benzene rings is 1. The number of piperidine rings is 1. The Balaban J connectivity index is 1.79. The maximum absolute atomic E-state index is 11.9. The maximum atomic E-state index is 11.9. The van der Waals surface area contributed by atoms with Gasteiger partial charge in [-0.05, 0) is 45.2 Å². The normalized spacial score (nSPS) is 25.6. The highest BCUT2D eigenvalue weighted by Crippen LogP contribution is 2.18. The SMILES string of the molecule is CCC1NC(C)CCC1OCC(=O)Nc1ccc(C)cc1. The number of carbonyl (C=O) groups excluding carboxylic acids is 1. The number of amides is 1. The molecule has 0 radical (unpaired) electrons. The number of aryl methyl sites for hydroxylation is 1. The van der Waals surface area contributed by atoms with Crippen molar-refractivity contribution in [1.29, 1.82) is 0 Å². The van der Waals surface area contributed by atoms with Crippen molar-refractivity contribution >= 4 is 11.6 Å². The van der Waals surface area contributed by atoms with Crippen LogP contribution in [0.4, 0.5) is 5.69 Å². The van der Waals surface area contributed by atoms with E-state index in [-0.39, 0.29) is 18.6 Å².